The Kier molecular flexibility index (Phi) is 4.47. The molecule has 0 spiro atoms. The molecule has 0 bridgehead atoms. The average molecular weight is 271 g/mol. The second-order valence-corrected chi connectivity index (χ2v) is 6.80. The Balaban J connectivity index is 3.11. The van der Waals surface area contributed by atoms with Gasteiger partial charge in [-0.25, -0.2) is 18.3 Å². The van der Waals surface area contributed by atoms with E-state index >= 15 is 0 Å². The van der Waals surface area contributed by atoms with Gasteiger partial charge in [0.1, 0.15) is 0 Å². The van der Waals surface area contributed by atoms with E-state index in [9.17, 15) is 8.96 Å². The molecule has 0 fully saturated rings. The van der Waals surface area contributed by atoms with Gasteiger partial charge in [0.2, 0.25) is 0 Å². The largest absolute Gasteiger partial charge is 0.419 e. The Bertz CT molecular complexity index is 514. The van der Waals surface area contributed by atoms with Gasteiger partial charge in [0, 0.05) is 0 Å². The van der Waals surface area contributed by atoms with Crippen LogP contribution in [-0.4, -0.2) is 37.5 Å². The van der Waals surface area contributed by atoms with E-state index in [2.05, 4.69) is 0 Å². The first-order valence-corrected chi connectivity index (χ1v) is 6.69. The lowest BCUT2D eigenvalue weighted by atomic mass is 10.2. The molecule has 0 heterocycles. The summed E-state index contributed by atoms with van der Waals surface area (Å²) in [6, 6.07) is 5.57. The van der Waals surface area contributed by atoms with Gasteiger partial charge in [-0.05, 0) is 46.4 Å². The Morgan fingerprint density at radius 1 is 1.28 bits per heavy atom. The molecule has 0 aliphatic rings. The Labute approximate surface area is 106 Å². The Morgan fingerprint density at radius 2 is 1.83 bits per heavy atom. The lowest BCUT2D eigenvalue weighted by Crippen LogP contribution is -2.24. The SMILES string of the molecule is CN(C)P(=O)(Oc1ccc(C#N)cc1F)N(C)C. The lowest BCUT2D eigenvalue weighted by molar-refractivity contribution is 0.346. The second kappa shape index (κ2) is 5.49. The maximum absolute atomic E-state index is 13.7. The van der Waals surface area contributed by atoms with Crippen molar-refractivity contribution >= 4 is 7.67 Å². The summed E-state index contributed by atoms with van der Waals surface area (Å²) >= 11 is 0. The summed E-state index contributed by atoms with van der Waals surface area (Å²) in [4.78, 5) is 0. The third-order valence-electron chi connectivity index (χ3n) is 2.29. The van der Waals surface area contributed by atoms with Crippen LogP contribution >= 0.6 is 7.67 Å². The van der Waals surface area contributed by atoms with Gasteiger partial charge in [-0.15, -0.1) is 0 Å². The van der Waals surface area contributed by atoms with E-state index in [1.165, 1.54) is 21.5 Å². The number of halogens is 1. The Hall–Kier alpha value is -1.41. The molecule has 18 heavy (non-hydrogen) atoms. The maximum atomic E-state index is 13.7. The summed E-state index contributed by atoms with van der Waals surface area (Å²) < 4.78 is 34.2. The fourth-order valence-corrected chi connectivity index (χ4v) is 2.74. The molecule has 0 atom stereocenters. The summed E-state index contributed by atoms with van der Waals surface area (Å²) in [5, 5.41) is 8.63. The van der Waals surface area contributed by atoms with E-state index in [4.69, 9.17) is 9.79 Å². The first kappa shape index (κ1) is 14.7. The van der Waals surface area contributed by atoms with E-state index in [0.29, 0.717) is 0 Å². The fourth-order valence-electron chi connectivity index (χ4n) is 1.29. The van der Waals surface area contributed by atoms with Gasteiger partial charge in [-0.3, -0.25) is 0 Å². The van der Waals surface area contributed by atoms with Gasteiger partial charge in [0.25, 0.3) is 0 Å². The van der Waals surface area contributed by atoms with Crippen molar-refractivity contribution in [2.24, 2.45) is 0 Å². The molecule has 7 heteroatoms. The molecule has 0 aliphatic heterocycles. The van der Waals surface area contributed by atoms with Crippen LogP contribution in [0.15, 0.2) is 18.2 Å². The number of nitriles is 1. The normalized spacial score (nSPS) is 11.7. The van der Waals surface area contributed by atoms with Crippen molar-refractivity contribution in [3.05, 3.63) is 29.6 Å². The van der Waals surface area contributed by atoms with Gasteiger partial charge in [-0.2, -0.15) is 5.26 Å². The zero-order chi connectivity index (χ0) is 13.9. The lowest BCUT2D eigenvalue weighted by Gasteiger charge is -2.29. The molecule has 0 aliphatic carbocycles. The van der Waals surface area contributed by atoms with Gasteiger partial charge in [-0.1, -0.05) is 0 Å². The number of hydrogen-bond donors (Lipinski definition) is 0. The van der Waals surface area contributed by atoms with Crippen LogP contribution in [0.2, 0.25) is 0 Å². The van der Waals surface area contributed by atoms with E-state index < -0.39 is 13.5 Å². The summed E-state index contributed by atoms with van der Waals surface area (Å²) in [6.45, 7) is 0. The van der Waals surface area contributed by atoms with Crippen LogP contribution < -0.4 is 4.52 Å². The third kappa shape index (κ3) is 2.88. The first-order valence-electron chi connectivity index (χ1n) is 5.16. The van der Waals surface area contributed by atoms with Gasteiger partial charge in [0.15, 0.2) is 11.6 Å². The highest BCUT2D eigenvalue weighted by atomic mass is 31.2. The minimum absolute atomic E-state index is 0.139. The molecule has 0 saturated carbocycles. The van der Waals surface area contributed by atoms with E-state index in [1.807, 2.05) is 6.07 Å². The molecular formula is C11H15FN3O2P. The van der Waals surface area contributed by atoms with Crippen LogP contribution in [0, 0.1) is 17.1 Å². The highest BCUT2D eigenvalue weighted by molar-refractivity contribution is 7.54. The number of benzene rings is 1. The molecular weight excluding hydrogens is 256 g/mol. The fraction of sp³-hybridized carbons (Fsp3) is 0.364. The minimum Gasteiger partial charge on any atom is -0.419 e. The summed E-state index contributed by atoms with van der Waals surface area (Å²) in [6.07, 6.45) is 0. The molecule has 0 amide bonds. The second-order valence-electron chi connectivity index (χ2n) is 4.03. The van der Waals surface area contributed by atoms with Crippen molar-refractivity contribution < 1.29 is 13.5 Å². The molecule has 0 saturated heterocycles. The van der Waals surface area contributed by atoms with Crippen molar-refractivity contribution in [2.45, 2.75) is 0 Å². The molecule has 0 radical (unpaired) electrons. The van der Waals surface area contributed by atoms with Gasteiger partial charge < -0.3 is 4.52 Å². The maximum Gasteiger partial charge on any atom is 0.394 e. The number of rotatable bonds is 4. The zero-order valence-corrected chi connectivity index (χ0v) is 11.6. The highest BCUT2D eigenvalue weighted by Gasteiger charge is 2.32. The van der Waals surface area contributed by atoms with Crippen LogP contribution in [0.3, 0.4) is 0 Å². The predicted octanol–water partition coefficient (Wildman–Crippen LogP) is 2.31. The summed E-state index contributed by atoms with van der Waals surface area (Å²) in [7, 11) is 3.05. The predicted molar refractivity (Wildman–Crippen MR) is 66.7 cm³/mol. The van der Waals surface area contributed by atoms with Crippen molar-refractivity contribution in [2.75, 3.05) is 28.2 Å². The Morgan fingerprint density at radius 3 is 2.22 bits per heavy atom. The molecule has 0 N–H and O–H groups in total. The molecule has 1 rings (SSSR count). The van der Waals surface area contributed by atoms with Crippen molar-refractivity contribution in [3.63, 3.8) is 0 Å². The van der Waals surface area contributed by atoms with Gasteiger partial charge in [0.05, 0.1) is 11.6 Å². The molecule has 5 nitrogen and oxygen atoms in total. The van der Waals surface area contributed by atoms with Crippen LogP contribution in [0.5, 0.6) is 5.75 Å². The number of nitrogens with zero attached hydrogens (tertiary/aromatic N) is 3. The topological polar surface area (TPSA) is 56.6 Å². The van der Waals surface area contributed by atoms with E-state index in [-0.39, 0.29) is 11.3 Å². The molecule has 1 aromatic rings. The standard InChI is InChI=1S/C11H15FN3O2P/c1-14(2)18(16,15(3)4)17-11-6-5-9(8-13)7-10(11)12/h5-7H,1-4H3. The zero-order valence-electron chi connectivity index (χ0n) is 10.7. The van der Waals surface area contributed by atoms with Crippen molar-refractivity contribution in [3.8, 4) is 11.8 Å². The monoisotopic (exact) mass is 271 g/mol. The molecule has 0 unspecified atom stereocenters. The third-order valence-corrected chi connectivity index (χ3v) is 4.75. The van der Waals surface area contributed by atoms with E-state index in [1.54, 1.807) is 28.2 Å². The molecule has 1 aromatic carbocycles. The molecule has 0 aromatic heterocycles. The van der Waals surface area contributed by atoms with Gasteiger partial charge >= 0.3 is 7.67 Å². The van der Waals surface area contributed by atoms with Crippen LogP contribution in [0.1, 0.15) is 5.56 Å². The smallest absolute Gasteiger partial charge is 0.394 e. The first-order chi connectivity index (χ1) is 8.31. The minimum atomic E-state index is -3.29. The summed E-state index contributed by atoms with van der Waals surface area (Å²) in [5.41, 5.74) is 0.185. The summed E-state index contributed by atoms with van der Waals surface area (Å²) in [5.74, 6) is -0.849. The highest BCUT2D eigenvalue weighted by Crippen LogP contribution is 2.50. The van der Waals surface area contributed by atoms with Crippen molar-refractivity contribution in [1.29, 1.82) is 5.26 Å². The van der Waals surface area contributed by atoms with Crippen molar-refractivity contribution in [1.82, 2.24) is 9.34 Å². The molecule has 98 valence electrons. The van der Waals surface area contributed by atoms with Crippen LogP contribution in [-0.2, 0) is 4.57 Å². The van der Waals surface area contributed by atoms with Crippen LogP contribution in [0.25, 0.3) is 0 Å². The quantitative estimate of drug-likeness (QED) is 0.786. The van der Waals surface area contributed by atoms with E-state index in [0.717, 1.165) is 6.07 Å². The van der Waals surface area contributed by atoms with Crippen LogP contribution in [0.4, 0.5) is 4.39 Å². The average Bonchev–Trinajstić information content (AvgIpc) is 2.30. The number of hydrogen-bond acceptors (Lipinski definition) is 3.